The third kappa shape index (κ3) is 4.53. The van der Waals surface area contributed by atoms with Crippen LogP contribution in [0.15, 0.2) is 61.1 Å². The number of benzene rings is 2. The number of hydrogen-bond acceptors (Lipinski definition) is 4. The lowest BCUT2D eigenvalue weighted by Gasteiger charge is -2.26. The summed E-state index contributed by atoms with van der Waals surface area (Å²) in [6.07, 6.45) is 0.677. The van der Waals surface area contributed by atoms with E-state index in [4.69, 9.17) is 0 Å². The van der Waals surface area contributed by atoms with Crippen LogP contribution in [0.1, 0.15) is 18.0 Å². The number of hydrogen-bond donors (Lipinski definition) is 0. The number of aryl methyl sites for hydroxylation is 1. The van der Waals surface area contributed by atoms with Crippen LogP contribution in [0.25, 0.3) is 22.4 Å². The van der Waals surface area contributed by atoms with E-state index in [0.717, 1.165) is 16.7 Å². The first-order valence-electron chi connectivity index (χ1n) is 10.9. The van der Waals surface area contributed by atoms with Gasteiger partial charge in [0, 0.05) is 29.9 Å². The molecule has 2 aromatic heterocycles. The molecule has 4 aromatic rings. The summed E-state index contributed by atoms with van der Waals surface area (Å²) < 4.78 is 57.4. The molecule has 3 heterocycles. The van der Waals surface area contributed by atoms with E-state index >= 15 is 0 Å². The average molecular weight is 484 g/mol. The van der Waals surface area contributed by atoms with Gasteiger partial charge in [-0.15, -0.1) is 5.10 Å². The zero-order valence-corrected chi connectivity index (χ0v) is 18.6. The Labute approximate surface area is 197 Å². The zero-order valence-electron chi connectivity index (χ0n) is 18.6. The number of nitrogens with zero attached hydrogens (tertiary/aromatic N) is 6. The second kappa shape index (κ2) is 8.64. The predicted molar refractivity (Wildman–Crippen MR) is 120 cm³/mol. The summed E-state index contributed by atoms with van der Waals surface area (Å²) in [6, 6.07) is 10.2. The third-order valence-electron chi connectivity index (χ3n) is 5.99. The highest BCUT2D eigenvalue weighted by Crippen LogP contribution is 2.35. The molecular formula is C24H20F4N6O. The van der Waals surface area contributed by atoms with E-state index in [9.17, 15) is 22.4 Å². The minimum atomic E-state index is -4.66. The van der Waals surface area contributed by atoms with Crippen LogP contribution < -0.4 is 4.90 Å². The number of carbonyl (C=O) groups is 1. The molecule has 0 fully saturated rings. The van der Waals surface area contributed by atoms with E-state index in [1.165, 1.54) is 29.1 Å². The van der Waals surface area contributed by atoms with E-state index in [1.54, 1.807) is 10.9 Å². The Morgan fingerprint density at radius 1 is 1.03 bits per heavy atom. The van der Waals surface area contributed by atoms with Crippen molar-refractivity contribution in [3.8, 4) is 22.4 Å². The molecular weight excluding hydrogens is 464 g/mol. The molecule has 35 heavy (non-hydrogen) atoms. The SMILES string of the molecule is Cn1cc(-c2ccc(-c3cn(C4CCc5c(F)cccc5N(CC(F)(F)F)C4=O)nn3)cc2)cn1. The Kier molecular flexibility index (Phi) is 5.62. The minimum Gasteiger partial charge on any atom is -0.301 e. The summed E-state index contributed by atoms with van der Waals surface area (Å²) in [4.78, 5) is 13.9. The fraction of sp³-hybridized carbons (Fsp3) is 0.250. The monoisotopic (exact) mass is 484 g/mol. The predicted octanol–water partition coefficient (Wildman–Crippen LogP) is 4.57. The van der Waals surface area contributed by atoms with Crippen LogP contribution in [0.5, 0.6) is 0 Å². The highest BCUT2D eigenvalue weighted by molar-refractivity contribution is 5.97. The lowest BCUT2D eigenvalue weighted by Crippen LogP contribution is -2.42. The van der Waals surface area contributed by atoms with E-state index in [2.05, 4.69) is 15.4 Å². The van der Waals surface area contributed by atoms with E-state index in [1.807, 2.05) is 37.5 Å². The smallest absolute Gasteiger partial charge is 0.301 e. The fourth-order valence-electron chi connectivity index (χ4n) is 4.30. The van der Waals surface area contributed by atoms with Crippen molar-refractivity contribution in [1.82, 2.24) is 24.8 Å². The quantitative estimate of drug-likeness (QED) is 0.398. The molecule has 1 atom stereocenters. The molecule has 0 aliphatic carbocycles. The Bertz CT molecular complexity index is 1380. The van der Waals surface area contributed by atoms with Gasteiger partial charge in [-0.25, -0.2) is 9.07 Å². The van der Waals surface area contributed by atoms with Crippen molar-refractivity contribution < 1.29 is 22.4 Å². The van der Waals surface area contributed by atoms with Gasteiger partial charge in [-0.1, -0.05) is 35.5 Å². The number of amides is 1. The van der Waals surface area contributed by atoms with Crippen LogP contribution in [0.4, 0.5) is 23.2 Å². The number of fused-ring (bicyclic) bond motifs is 1. The van der Waals surface area contributed by atoms with E-state index in [-0.39, 0.29) is 24.1 Å². The molecule has 180 valence electrons. The number of alkyl halides is 3. The van der Waals surface area contributed by atoms with Crippen LogP contribution in [0, 0.1) is 5.82 Å². The number of aromatic nitrogens is 5. The molecule has 1 aliphatic rings. The number of halogens is 4. The highest BCUT2D eigenvalue weighted by atomic mass is 19.4. The number of anilines is 1. The molecule has 1 amide bonds. The first kappa shape index (κ1) is 22.8. The molecule has 0 saturated carbocycles. The van der Waals surface area contributed by atoms with Crippen molar-refractivity contribution in [2.24, 2.45) is 7.05 Å². The first-order valence-corrected chi connectivity index (χ1v) is 10.9. The Balaban J connectivity index is 1.44. The van der Waals surface area contributed by atoms with Crippen LogP contribution in [-0.2, 0) is 18.3 Å². The van der Waals surface area contributed by atoms with Crippen LogP contribution in [-0.4, -0.2) is 43.4 Å². The van der Waals surface area contributed by atoms with Crippen molar-refractivity contribution >= 4 is 11.6 Å². The first-order chi connectivity index (χ1) is 16.7. The normalized spacial score (nSPS) is 16.3. The molecule has 11 heteroatoms. The third-order valence-corrected chi connectivity index (χ3v) is 5.99. The van der Waals surface area contributed by atoms with Gasteiger partial charge >= 0.3 is 6.18 Å². The van der Waals surface area contributed by atoms with Crippen molar-refractivity contribution in [3.63, 3.8) is 0 Å². The minimum absolute atomic E-state index is 0.0684. The summed E-state index contributed by atoms with van der Waals surface area (Å²) in [5.41, 5.74) is 3.11. The van der Waals surface area contributed by atoms with Gasteiger partial charge in [-0.2, -0.15) is 18.3 Å². The molecule has 0 radical (unpaired) electrons. The van der Waals surface area contributed by atoms with Gasteiger partial charge in [0.1, 0.15) is 24.1 Å². The van der Waals surface area contributed by atoms with Crippen LogP contribution >= 0.6 is 0 Å². The summed E-state index contributed by atoms with van der Waals surface area (Å²) in [5, 5.41) is 12.3. The molecule has 0 bridgehead atoms. The number of rotatable bonds is 4. The van der Waals surface area contributed by atoms with E-state index < -0.39 is 30.5 Å². The molecule has 1 aliphatic heterocycles. The van der Waals surface area contributed by atoms with Gasteiger partial charge < -0.3 is 4.90 Å². The van der Waals surface area contributed by atoms with Crippen molar-refractivity contribution in [1.29, 1.82) is 0 Å². The van der Waals surface area contributed by atoms with Gasteiger partial charge in [0.15, 0.2) is 0 Å². The lowest BCUT2D eigenvalue weighted by atomic mass is 10.0. The summed E-state index contributed by atoms with van der Waals surface area (Å²) in [6.45, 7) is -1.52. The maximum atomic E-state index is 14.4. The maximum Gasteiger partial charge on any atom is 0.406 e. The maximum absolute atomic E-state index is 14.4. The second-order valence-corrected chi connectivity index (χ2v) is 8.40. The van der Waals surface area contributed by atoms with E-state index in [0.29, 0.717) is 10.6 Å². The molecule has 7 nitrogen and oxygen atoms in total. The summed E-state index contributed by atoms with van der Waals surface area (Å²) in [5.74, 6) is -1.45. The van der Waals surface area contributed by atoms with Crippen LogP contribution in [0.3, 0.4) is 0 Å². The van der Waals surface area contributed by atoms with Gasteiger partial charge in [0.05, 0.1) is 18.1 Å². The van der Waals surface area contributed by atoms with Gasteiger partial charge in [0.25, 0.3) is 5.91 Å². The molecule has 0 N–H and O–H groups in total. The molecule has 5 rings (SSSR count). The second-order valence-electron chi connectivity index (χ2n) is 8.40. The Morgan fingerprint density at radius 3 is 2.46 bits per heavy atom. The fourth-order valence-corrected chi connectivity index (χ4v) is 4.30. The van der Waals surface area contributed by atoms with Crippen molar-refractivity contribution in [2.75, 3.05) is 11.4 Å². The molecule has 1 unspecified atom stereocenters. The molecule has 0 saturated heterocycles. The topological polar surface area (TPSA) is 68.8 Å². The zero-order chi connectivity index (χ0) is 24.7. The summed E-state index contributed by atoms with van der Waals surface area (Å²) >= 11 is 0. The molecule has 0 spiro atoms. The van der Waals surface area contributed by atoms with Crippen LogP contribution in [0.2, 0.25) is 0 Å². The largest absolute Gasteiger partial charge is 0.406 e. The van der Waals surface area contributed by atoms with Crippen molar-refractivity contribution in [2.45, 2.75) is 25.1 Å². The lowest BCUT2D eigenvalue weighted by molar-refractivity contribution is -0.134. The molecule has 2 aromatic carbocycles. The summed E-state index contributed by atoms with van der Waals surface area (Å²) in [7, 11) is 1.83. The van der Waals surface area contributed by atoms with Gasteiger partial charge in [-0.05, 0) is 30.5 Å². The Hall–Kier alpha value is -4.02. The number of carbonyl (C=O) groups excluding carboxylic acids is 1. The highest BCUT2D eigenvalue weighted by Gasteiger charge is 2.40. The van der Waals surface area contributed by atoms with Gasteiger partial charge in [0.2, 0.25) is 0 Å². The van der Waals surface area contributed by atoms with Gasteiger partial charge in [-0.3, -0.25) is 9.48 Å². The standard InChI is InChI=1S/C24H20F4N6O/c1-32-12-17(11-29-32)15-5-7-16(8-6-15)20-13-34(31-30-20)22-10-9-18-19(25)3-2-4-21(18)33(23(22)35)14-24(26,27)28/h2-8,11-13,22H,9-10,14H2,1H3. The van der Waals surface area contributed by atoms with Crippen molar-refractivity contribution in [3.05, 3.63) is 72.4 Å². The Morgan fingerprint density at radius 2 is 1.77 bits per heavy atom. The average Bonchev–Trinajstić information content (AvgIpc) is 3.45.